The van der Waals surface area contributed by atoms with Gasteiger partial charge in [-0.15, -0.1) is 25.3 Å². The highest BCUT2D eigenvalue weighted by molar-refractivity contribution is 7.80. The molecule has 0 bridgehead atoms. The van der Waals surface area contributed by atoms with Gasteiger partial charge in [-0.1, -0.05) is 0 Å². The molecule has 2 aromatic carbocycles. The summed E-state index contributed by atoms with van der Waals surface area (Å²) in [5.41, 5.74) is 1.02. The van der Waals surface area contributed by atoms with Gasteiger partial charge in [0.2, 0.25) is 11.8 Å². The summed E-state index contributed by atoms with van der Waals surface area (Å²) in [6.07, 6.45) is 0. The second kappa shape index (κ2) is 17.2. The van der Waals surface area contributed by atoms with Crippen molar-refractivity contribution < 1.29 is 39.3 Å². The van der Waals surface area contributed by atoms with Crippen LogP contribution in [-0.4, -0.2) is 119 Å². The number of anilines is 2. The Morgan fingerprint density at radius 3 is 1.12 bits per heavy atom. The van der Waals surface area contributed by atoms with Gasteiger partial charge < -0.3 is 26.0 Å². The number of carboxylic acid groups (broad SMARTS) is 3. The van der Waals surface area contributed by atoms with Crippen molar-refractivity contribution in [3.63, 3.8) is 0 Å². The van der Waals surface area contributed by atoms with Crippen molar-refractivity contribution in [2.24, 2.45) is 0 Å². The molecule has 0 aliphatic carbocycles. The predicted molar refractivity (Wildman–Crippen MR) is 157 cm³/mol. The molecule has 222 valence electrons. The molecule has 2 amide bonds. The number of carbonyl (C=O) groups is 5. The number of carbonyl (C=O) groups excluding carboxylic acids is 2. The first-order chi connectivity index (χ1) is 19.4. The zero-order valence-corrected chi connectivity index (χ0v) is 23.9. The van der Waals surface area contributed by atoms with Crippen LogP contribution in [0.15, 0.2) is 58.3 Å². The molecule has 0 aromatic heterocycles. The standard InChI is InChI=1S/C26H33N5O8S2/c32-22(27-18-1-5-20(40)6-2-18)13-30(16-25(36)37)11-9-29(15-24(34)35)10-12-31(17-26(38)39)14-23(33)28-19-3-7-21(41)8-4-19/h1-8,40-41H,9-17H2,(H,27,32)(H,28,33)(H,34,35)(H,36,37)(H,38,39). The van der Waals surface area contributed by atoms with Crippen molar-refractivity contribution >= 4 is 66.4 Å². The van der Waals surface area contributed by atoms with Crippen LogP contribution in [0.2, 0.25) is 0 Å². The van der Waals surface area contributed by atoms with Gasteiger partial charge in [-0.25, -0.2) is 0 Å². The summed E-state index contributed by atoms with van der Waals surface area (Å²) in [5, 5.41) is 33.3. The zero-order chi connectivity index (χ0) is 30.4. The number of carboxylic acids is 3. The molecule has 2 rings (SSSR count). The highest BCUT2D eigenvalue weighted by Gasteiger charge is 2.20. The molecule has 13 nitrogen and oxygen atoms in total. The summed E-state index contributed by atoms with van der Waals surface area (Å²) in [5.74, 6) is -4.37. The summed E-state index contributed by atoms with van der Waals surface area (Å²) >= 11 is 8.37. The topological polar surface area (TPSA) is 180 Å². The predicted octanol–water partition coefficient (Wildman–Crippen LogP) is 1.00. The molecular weight excluding hydrogens is 574 g/mol. The van der Waals surface area contributed by atoms with Crippen molar-refractivity contribution in [1.29, 1.82) is 0 Å². The molecule has 0 heterocycles. The van der Waals surface area contributed by atoms with Crippen LogP contribution in [0.3, 0.4) is 0 Å². The lowest BCUT2D eigenvalue weighted by Crippen LogP contribution is -2.46. The number of amides is 2. The second-order valence-corrected chi connectivity index (χ2v) is 10.1. The van der Waals surface area contributed by atoms with E-state index in [0.717, 1.165) is 0 Å². The Bertz CT molecular complexity index is 1110. The molecule has 0 fully saturated rings. The van der Waals surface area contributed by atoms with Crippen molar-refractivity contribution in [1.82, 2.24) is 14.7 Å². The van der Waals surface area contributed by atoms with E-state index >= 15 is 0 Å². The molecule has 41 heavy (non-hydrogen) atoms. The van der Waals surface area contributed by atoms with Gasteiger partial charge in [-0.2, -0.15) is 0 Å². The van der Waals surface area contributed by atoms with Crippen LogP contribution in [-0.2, 0) is 24.0 Å². The fraction of sp³-hybridized carbons (Fsp3) is 0.346. The minimum absolute atomic E-state index is 0.0448. The number of thiol groups is 2. The Kier molecular flexibility index (Phi) is 14.1. The quantitative estimate of drug-likeness (QED) is 0.120. The largest absolute Gasteiger partial charge is 0.480 e. The minimum atomic E-state index is -1.16. The average molecular weight is 608 g/mol. The molecule has 0 saturated carbocycles. The third-order valence-electron chi connectivity index (χ3n) is 5.58. The maximum atomic E-state index is 12.5. The van der Waals surface area contributed by atoms with Crippen LogP contribution in [0.4, 0.5) is 11.4 Å². The smallest absolute Gasteiger partial charge is 0.317 e. The van der Waals surface area contributed by atoms with Gasteiger partial charge in [0.05, 0.1) is 32.7 Å². The fourth-order valence-electron chi connectivity index (χ4n) is 3.73. The van der Waals surface area contributed by atoms with E-state index in [9.17, 15) is 39.3 Å². The normalized spacial score (nSPS) is 11.0. The van der Waals surface area contributed by atoms with E-state index in [1.807, 2.05) is 0 Å². The van der Waals surface area contributed by atoms with Crippen LogP contribution in [0.1, 0.15) is 0 Å². The van der Waals surface area contributed by atoms with Crippen molar-refractivity contribution in [2.45, 2.75) is 9.79 Å². The van der Waals surface area contributed by atoms with Gasteiger partial charge in [0.25, 0.3) is 0 Å². The van der Waals surface area contributed by atoms with Gasteiger partial charge in [0, 0.05) is 47.3 Å². The summed E-state index contributed by atoms with van der Waals surface area (Å²) < 4.78 is 0. The van der Waals surface area contributed by atoms with Crippen LogP contribution in [0, 0.1) is 0 Å². The zero-order valence-electron chi connectivity index (χ0n) is 22.1. The van der Waals surface area contributed by atoms with E-state index in [4.69, 9.17) is 0 Å². The summed E-state index contributed by atoms with van der Waals surface area (Å²) in [7, 11) is 0. The molecule has 5 N–H and O–H groups in total. The van der Waals surface area contributed by atoms with Gasteiger partial charge in [0.15, 0.2) is 0 Å². The Balaban J connectivity index is 1.98. The first-order valence-electron chi connectivity index (χ1n) is 12.4. The number of rotatable bonds is 18. The van der Waals surface area contributed by atoms with Gasteiger partial charge in [0.1, 0.15) is 0 Å². The Morgan fingerprint density at radius 1 is 0.512 bits per heavy atom. The third-order valence-corrected chi connectivity index (χ3v) is 6.17. The van der Waals surface area contributed by atoms with Crippen LogP contribution < -0.4 is 10.6 Å². The monoisotopic (exact) mass is 607 g/mol. The third kappa shape index (κ3) is 14.5. The highest BCUT2D eigenvalue weighted by Crippen LogP contribution is 2.13. The van der Waals surface area contributed by atoms with E-state index in [1.54, 1.807) is 48.5 Å². The van der Waals surface area contributed by atoms with E-state index < -0.39 is 49.4 Å². The molecule has 15 heteroatoms. The number of hydrogen-bond donors (Lipinski definition) is 7. The van der Waals surface area contributed by atoms with Crippen molar-refractivity contribution in [2.75, 3.05) is 69.5 Å². The maximum Gasteiger partial charge on any atom is 0.317 e. The van der Waals surface area contributed by atoms with Crippen molar-refractivity contribution in [3.8, 4) is 0 Å². The first kappa shape index (κ1) is 33.6. The number of aliphatic carboxylic acids is 3. The Morgan fingerprint density at radius 2 is 0.805 bits per heavy atom. The van der Waals surface area contributed by atoms with Gasteiger partial charge >= 0.3 is 17.9 Å². The number of nitrogens with one attached hydrogen (secondary N) is 2. The molecule has 0 radical (unpaired) electrons. The van der Waals surface area contributed by atoms with Gasteiger partial charge in [-0.3, -0.25) is 38.7 Å². The van der Waals surface area contributed by atoms with Crippen LogP contribution >= 0.6 is 25.3 Å². The highest BCUT2D eigenvalue weighted by atomic mass is 32.1. The van der Waals surface area contributed by atoms with E-state index in [2.05, 4.69) is 35.9 Å². The number of hydrogen-bond acceptors (Lipinski definition) is 10. The fourth-order valence-corrected chi connectivity index (χ4v) is 4.03. The second-order valence-electron chi connectivity index (χ2n) is 9.07. The lowest BCUT2D eigenvalue weighted by Gasteiger charge is -2.28. The Hall–Kier alpha value is -3.63. The van der Waals surface area contributed by atoms with Crippen molar-refractivity contribution in [3.05, 3.63) is 48.5 Å². The molecule has 0 atom stereocenters. The summed E-state index contributed by atoms with van der Waals surface area (Å²) in [6, 6.07) is 13.4. The summed E-state index contributed by atoms with van der Waals surface area (Å²) in [4.78, 5) is 64.9. The van der Waals surface area contributed by atoms with E-state index in [-0.39, 0.29) is 39.3 Å². The van der Waals surface area contributed by atoms with E-state index in [1.165, 1.54) is 14.7 Å². The molecule has 0 aliphatic rings. The van der Waals surface area contributed by atoms with Gasteiger partial charge in [-0.05, 0) is 48.5 Å². The van der Waals surface area contributed by atoms with E-state index in [0.29, 0.717) is 21.2 Å². The average Bonchev–Trinajstić information content (AvgIpc) is 2.87. The first-order valence-corrected chi connectivity index (χ1v) is 13.3. The lowest BCUT2D eigenvalue weighted by atomic mass is 10.3. The Labute approximate surface area is 247 Å². The number of nitrogens with zero attached hydrogens (tertiary/aromatic N) is 3. The summed E-state index contributed by atoms with van der Waals surface area (Å²) in [6.45, 7) is -1.59. The molecule has 0 spiro atoms. The number of benzene rings is 2. The van der Waals surface area contributed by atoms with Crippen LogP contribution in [0.25, 0.3) is 0 Å². The molecule has 2 aromatic rings. The SMILES string of the molecule is O=C(O)CN(CCN(CC(=O)O)CC(=O)Nc1ccc(S)cc1)CCN(CC(=O)O)CC(=O)Nc1ccc(S)cc1. The molecular formula is C26H33N5O8S2. The lowest BCUT2D eigenvalue weighted by molar-refractivity contribution is -0.140. The van der Waals surface area contributed by atoms with Crippen LogP contribution in [0.5, 0.6) is 0 Å². The maximum absolute atomic E-state index is 12.5. The molecule has 0 saturated heterocycles. The minimum Gasteiger partial charge on any atom is -0.480 e. The molecule has 0 unspecified atom stereocenters. The molecule has 0 aliphatic heterocycles.